The molecule has 49 heavy (non-hydrogen) atoms. The van der Waals surface area contributed by atoms with Crippen LogP contribution in [-0.2, 0) is 0 Å². The molecule has 8 aromatic carbocycles. The van der Waals surface area contributed by atoms with Crippen LogP contribution in [0.2, 0.25) is 0 Å². The molecule has 0 unspecified atom stereocenters. The lowest BCUT2D eigenvalue weighted by Crippen LogP contribution is -1.95. The molecule has 228 valence electrons. The fraction of sp³-hybridized carbons (Fsp3) is 0. The zero-order valence-corrected chi connectivity index (χ0v) is 26.5. The van der Waals surface area contributed by atoms with Gasteiger partial charge in [0.15, 0.2) is 0 Å². The molecule has 0 aliphatic rings. The molecule has 0 aliphatic carbocycles. The van der Waals surface area contributed by atoms with E-state index in [9.17, 15) is 0 Å². The van der Waals surface area contributed by atoms with E-state index < -0.39 is 0 Å². The Morgan fingerprint density at radius 2 is 0.918 bits per heavy atom. The monoisotopic (exact) mass is 624 g/mol. The largest absolute Gasteiger partial charge is 0.455 e. The van der Waals surface area contributed by atoms with E-state index in [-0.39, 0.29) is 0 Å². The van der Waals surface area contributed by atoms with Gasteiger partial charge in [0, 0.05) is 49.3 Å². The van der Waals surface area contributed by atoms with Crippen LogP contribution in [0.25, 0.3) is 98.8 Å². The lowest BCUT2D eigenvalue weighted by atomic mass is 10.0. The molecule has 3 heterocycles. The second kappa shape index (κ2) is 9.96. The Morgan fingerprint density at radius 3 is 1.61 bits per heavy atom. The number of benzene rings is 8. The molecule has 0 saturated carbocycles. The lowest BCUT2D eigenvalue weighted by Gasteiger charge is -2.11. The molecule has 3 heteroatoms. The van der Waals surface area contributed by atoms with E-state index in [1.54, 1.807) is 0 Å². The molecule has 0 atom stereocenters. The Hall–Kier alpha value is -6.58. The maximum atomic E-state index is 6.57. The quantitative estimate of drug-likeness (QED) is 0.192. The van der Waals surface area contributed by atoms with Crippen molar-refractivity contribution in [3.05, 3.63) is 170 Å². The van der Waals surface area contributed by atoms with Crippen molar-refractivity contribution in [1.29, 1.82) is 0 Å². The lowest BCUT2D eigenvalue weighted by molar-refractivity contribution is 0.670. The number of nitrogens with zero attached hydrogens (tertiary/aromatic N) is 2. The molecule has 0 amide bonds. The van der Waals surface area contributed by atoms with Gasteiger partial charge in [0.2, 0.25) is 0 Å². The van der Waals surface area contributed by atoms with Gasteiger partial charge >= 0.3 is 0 Å². The van der Waals surface area contributed by atoms with Crippen LogP contribution in [0.5, 0.6) is 0 Å². The third kappa shape index (κ3) is 3.78. The third-order valence-corrected chi connectivity index (χ3v) is 10.3. The van der Waals surface area contributed by atoms with Crippen LogP contribution < -0.4 is 0 Å². The zero-order valence-electron chi connectivity index (χ0n) is 26.5. The van der Waals surface area contributed by atoms with E-state index in [1.807, 2.05) is 0 Å². The summed E-state index contributed by atoms with van der Waals surface area (Å²) in [4.78, 5) is 0. The van der Waals surface area contributed by atoms with Crippen LogP contribution in [0.15, 0.2) is 174 Å². The molecule has 0 N–H and O–H groups in total. The van der Waals surface area contributed by atoms with Gasteiger partial charge in [-0.05, 0) is 77.0 Å². The Labute approximate surface area is 281 Å². The minimum absolute atomic E-state index is 0.919. The van der Waals surface area contributed by atoms with E-state index in [0.717, 1.165) is 44.4 Å². The molecule has 0 spiro atoms. The van der Waals surface area contributed by atoms with Crippen molar-refractivity contribution >= 4 is 76.3 Å². The fourth-order valence-corrected chi connectivity index (χ4v) is 8.07. The summed E-state index contributed by atoms with van der Waals surface area (Å²) >= 11 is 0. The minimum atomic E-state index is 0.919. The number of rotatable bonds is 3. The fourth-order valence-electron chi connectivity index (χ4n) is 8.07. The first kappa shape index (κ1) is 26.5. The van der Waals surface area contributed by atoms with Crippen molar-refractivity contribution < 1.29 is 4.42 Å². The van der Waals surface area contributed by atoms with E-state index >= 15 is 0 Å². The maximum Gasteiger partial charge on any atom is 0.143 e. The number of para-hydroxylation sites is 4. The van der Waals surface area contributed by atoms with Crippen molar-refractivity contribution in [3.8, 4) is 22.5 Å². The van der Waals surface area contributed by atoms with Gasteiger partial charge < -0.3 is 13.6 Å². The van der Waals surface area contributed by atoms with Gasteiger partial charge in [-0.2, -0.15) is 0 Å². The Kier molecular flexibility index (Phi) is 5.38. The Morgan fingerprint density at radius 1 is 0.347 bits per heavy atom. The summed E-state index contributed by atoms with van der Waals surface area (Å²) in [6, 6.07) is 61.2. The Bertz CT molecular complexity index is 3090. The highest BCUT2D eigenvalue weighted by Crippen LogP contribution is 2.41. The van der Waals surface area contributed by atoms with Gasteiger partial charge in [-0.1, -0.05) is 109 Å². The molecule has 0 saturated heterocycles. The first-order valence-electron chi connectivity index (χ1n) is 16.8. The average molecular weight is 625 g/mol. The Balaban J connectivity index is 1.12. The van der Waals surface area contributed by atoms with Gasteiger partial charge in [-0.15, -0.1) is 0 Å². The first-order valence-corrected chi connectivity index (χ1v) is 16.8. The summed E-state index contributed by atoms with van der Waals surface area (Å²) in [5.74, 6) is 0. The van der Waals surface area contributed by atoms with Crippen molar-refractivity contribution in [2.45, 2.75) is 0 Å². The number of furan rings is 1. The zero-order chi connectivity index (χ0) is 32.1. The minimum Gasteiger partial charge on any atom is -0.455 e. The van der Waals surface area contributed by atoms with Crippen LogP contribution in [0.1, 0.15) is 0 Å². The molecule has 0 bridgehead atoms. The van der Waals surface area contributed by atoms with E-state index in [4.69, 9.17) is 4.42 Å². The predicted molar refractivity (Wildman–Crippen MR) is 205 cm³/mol. The molecular weight excluding hydrogens is 597 g/mol. The smallest absolute Gasteiger partial charge is 0.143 e. The van der Waals surface area contributed by atoms with Gasteiger partial charge in [-0.3, -0.25) is 0 Å². The van der Waals surface area contributed by atoms with Crippen LogP contribution in [0.3, 0.4) is 0 Å². The topological polar surface area (TPSA) is 23.0 Å². The molecular formula is C46H28N2O. The van der Waals surface area contributed by atoms with Crippen molar-refractivity contribution in [2.24, 2.45) is 0 Å². The summed E-state index contributed by atoms with van der Waals surface area (Å²) < 4.78 is 11.4. The molecule has 0 fully saturated rings. The van der Waals surface area contributed by atoms with Crippen LogP contribution in [0.4, 0.5) is 0 Å². The average Bonchev–Trinajstić information content (AvgIpc) is 3.80. The van der Waals surface area contributed by atoms with E-state index in [2.05, 4.69) is 179 Å². The van der Waals surface area contributed by atoms with Crippen molar-refractivity contribution in [3.63, 3.8) is 0 Å². The van der Waals surface area contributed by atoms with E-state index in [1.165, 1.54) is 54.4 Å². The second-order valence-electron chi connectivity index (χ2n) is 13.0. The number of aromatic nitrogens is 2. The SMILES string of the molecule is c1ccc(-n2c3ccccc3c3cc4c5ccccc5n(-c5ccc(-c6cccc7c6oc6cc8ccccc8cc67)cc5)c4cc32)cc1. The number of hydrogen-bond donors (Lipinski definition) is 0. The first-order chi connectivity index (χ1) is 24.3. The van der Waals surface area contributed by atoms with Crippen molar-refractivity contribution in [2.75, 3.05) is 0 Å². The van der Waals surface area contributed by atoms with Crippen molar-refractivity contribution in [1.82, 2.24) is 9.13 Å². The van der Waals surface area contributed by atoms with Gasteiger partial charge in [0.1, 0.15) is 11.2 Å². The van der Waals surface area contributed by atoms with Crippen LogP contribution >= 0.6 is 0 Å². The normalized spacial score (nSPS) is 12.1. The standard InChI is InChI=1S/C46H28N2O/c1-2-13-32(14-3-1)47-41-19-8-6-15-35(41)38-27-39-36-16-7-9-20-42(36)48(44(39)28-43(38)47)33-23-21-29(22-24-33)34-17-10-18-37-40-25-30-11-4-5-12-31(30)26-45(40)49-46(34)37/h1-28H. The van der Waals surface area contributed by atoms with Gasteiger partial charge in [-0.25, -0.2) is 0 Å². The third-order valence-electron chi connectivity index (χ3n) is 10.3. The summed E-state index contributed by atoms with van der Waals surface area (Å²) in [6.45, 7) is 0. The maximum absolute atomic E-state index is 6.57. The summed E-state index contributed by atoms with van der Waals surface area (Å²) in [6.07, 6.45) is 0. The van der Waals surface area contributed by atoms with Gasteiger partial charge in [0.25, 0.3) is 0 Å². The summed E-state index contributed by atoms with van der Waals surface area (Å²) in [7, 11) is 0. The molecule has 11 rings (SSSR count). The van der Waals surface area contributed by atoms with Crippen LogP contribution in [-0.4, -0.2) is 9.13 Å². The van der Waals surface area contributed by atoms with Gasteiger partial charge in [0.05, 0.1) is 22.1 Å². The molecule has 0 aliphatic heterocycles. The second-order valence-corrected chi connectivity index (χ2v) is 13.0. The summed E-state index contributed by atoms with van der Waals surface area (Å²) in [5, 5.41) is 9.73. The molecule has 11 aromatic rings. The number of fused-ring (bicyclic) bond motifs is 10. The number of hydrogen-bond acceptors (Lipinski definition) is 1. The van der Waals surface area contributed by atoms with Crippen LogP contribution in [0, 0.1) is 0 Å². The highest BCUT2D eigenvalue weighted by Gasteiger charge is 2.19. The van der Waals surface area contributed by atoms with E-state index in [0.29, 0.717) is 0 Å². The molecule has 3 aromatic heterocycles. The molecule has 3 nitrogen and oxygen atoms in total. The molecule has 0 radical (unpaired) electrons. The summed E-state index contributed by atoms with van der Waals surface area (Å²) in [5.41, 5.74) is 11.1. The highest BCUT2D eigenvalue weighted by atomic mass is 16.3. The highest BCUT2D eigenvalue weighted by molar-refractivity contribution is 6.19. The predicted octanol–water partition coefficient (Wildman–Crippen LogP) is 12.6.